The number of rotatable bonds is 5. The lowest BCUT2D eigenvalue weighted by Crippen LogP contribution is -2.42. The lowest BCUT2D eigenvalue weighted by atomic mass is 9.91. The first kappa shape index (κ1) is 16.0. The molecule has 6 nitrogen and oxygen atoms in total. The second-order valence-corrected chi connectivity index (χ2v) is 6.29. The standard InChI is InChI=1S/C15H27N5O/c1-11(2)20-14(8-9-17-20)18-15(21)10-19(3)13-6-4-12(16)5-7-13/h8-9,11-13H,4-7,10,16H2,1-3H3,(H,18,21). The predicted octanol–water partition coefficient (Wildman–Crippen LogP) is 1.60. The Morgan fingerprint density at radius 2 is 2.14 bits per heavy atom. The lowest BCUT2D eigenvalue weighted by molar-refractivity contribution is -0.117. The Hall–Kier alpha value is -1.40. The van der Waals surface area contributed by atoms with Gasteiger partial charge in [-0.1, -0.05) is 0 Å². The Morgan fingerprint density at radius 1 is 1.48 bits per heavy atom. The third kappa shape index (κ3) is 4.28. The number of carbonyl (C=O) groups excluding carboxylic acids is 1. The van der Waals surface area contributed by atoms with Crippen LogP contribution in [0.2, 0.25) is 0 Å². The summed E-state index contributed by atoms with van der Waals surface area (Å²) in [5.74, 6) is 0.767. The molecule has 0 unspecified atom stereocenters. The van der Waals surface area contributed by atoms with Crippen LogP contribution in [0.1, 0.15) is 45.6 Å². The van der Waals surface area contributed by atoms with Gasteiger partial charge in [-0.3, -0.25) is 9.69 Å². The second kappa shape index (κ2) is 7.04. The Kier molecular flexibility index (Phi) is 5.36. The van der Waals surface area contributed by atoms with Gasteiger partial charge in [0.15, 0.2) is 0 Å². The smallest absolute Gasteiger partial charge is 0.239 e. The van der Waals surface area contributed by atoms with Crippen molar-refractivity contribution in [2.45, 2.75) is 57.7 Å². The van der Waals surface area contributed by atoms with Crippen LogP contribution in [-0.4, -0.2) is 46.3 Å². The summed E-state index contributed by atoms with van der Waals surface area (Å²) in [6.45, 7) is 4.49. The predicted molar refractivity (Wildman–Crippen MR) is 84.1 cm³/mol. The van der Waals surface area contributed by atoms with E-state index in [-0.39, 0.29) is 11.9 Å². The summed E-state index contributed by atoms with van der Waals surface area (Å²) < 4.78 is 1.82. The molecule has 1 aromatic rings. The van der Waals surface area contributed by atoms with Crippen molar-refractivity contribution in [3.8, 4) is 0 Å². The summed E-state index contributed by atoms with van der Waals surface area (Å²) in [7, 11) is 2.01. The first-order valence-corrected chi connectivity index (χ1v) is 7.76. The van der Waals surface area contributed by atoms with E-state index in [1.807, 2.05) is 31.6 Å². The number of hydrogen-bond acceptors (Lipinski definition) is 4. The van der Waals surface area contributed by atoms with Gasteiger partial charge in [0.05, 0.1) is 12.7 Å². The number of anilines is 1. The molecule has 1 aromatic heterocycles. The second-order valence-electron chi connectivity index (χ2n) is 6.29. The third-order valence-electron chi connectivity index (χ3n) is 4.18. The Labute approximate surface area is 126 Å². The molecule has 21 heavy (non-hydrogen) atoms. The maximum atomic E-state index is 12.2. The molecule has 0 atom stereocenters. The maximum absolute atomic E-state index is 12.2. The third-order valence-corrected chi connectivity index (χ3v) is 4.18. The van der Waals surface area contributed by atoms with Gasteiger partial charge in [0.2, 0.25) is 5.91 Å². The summed E-state index contributed by atoms with van der Waals surface area (Å²) in [4.78, 5) is 14.3. The van der Waals surface area contributed by atoms with Crippen molar-refractivity contribution in [3.63, 3.8) is 0 Å². The molecular weight excluding hydrogens is 266 g/mol. The van der Waals surface area contributed by atoms with Gasteiger partial charge in [-0.2, -0.15) is 5.10 Å². The van der Waals surface area contributed by atoms with Gasteiger partial charge >= 0.3 is 0 Å². The number of likely N-dealkylation sites (N-methyl/N-ethyl adjacent to an activating group) is 1. The van der Waals surface area contributed by atoms with Crippen molar-refractivity contribution < 1.29 is 4.79 Å². The molecule has 1 aliphatic rings. The van der Waals surface area contributed by atoms with Crippen molar-refractivity contribution >= 4 is 11.7 Å². The van der Waals surface area contributed by atoms with E-state index in [2.05, 4.69) is 15.3 Å². The monoisotopic (exact) mass is 293 g/mol. The Balaban J connectivity index is 1.85. The highest BCUT2D eigenvalue weighted by Gasteiger charge is 2.23. The van der Waals surface area contributed by atoms with Crippen LogP contribution in [0.3, 0.4) is 0 Å². The minimum absolute atomic E-state index is 0.00905. The fraction of sp³-hybridized carbons (Fsp3) is 0.733. The van der Waals surface area contributed by atoms with E-state index in [1.54, 1.807) is 6.20 Å². The van der Waals surface area contributed by atoms with Gasteiger partial charge in [0.25, 0.3) is 0 Å². The molecule has 2 rings (SSSR count). The fourth-order valence-electron chi connectivity index (χ4n) is 2.91. The molecule has 1 saturated carbocycles. The summed E-state index contributed by atoms with van der Waals surface area (Å²) in [6.07, 6.45) is 5.97. The highest BCUT2D eigenvalue weighted by Crippen LogP contribution is 2.21. The molecule has 118 valence electrons. The van der Waals surface area contributed by atoms with Crippen LogP contribution >= 0.6 is 0 Å². The van der Waals surface area contributed by atoms with Crippen LogP contribution in [0.25, 0.3) is 0 Å². The molecule has 1 fully saturated rings. The van der Waals surface area contributed by atoms with Crippen LogP contribution in [0.5, 0.6) is 0 Å². The molecule has 3 N–H and O–H groups in total. The number of hydrogen-bond donors (Lipinski definition) is 2. The molecular formula is C15H27N5O. The minimum atomic E-state index is 0.00905. The summed E-state index contributed by atoms with van der Waals surface area (Å²) >= 11 is 0. The topological polar surface area (TPSA) is 76.2 Å². The first-order chi connectivity index (χ1) is 9.97. The Morgan fingerprint density at radius 3 is 2.76 bits per heavy atom. The molecule has 0 aliphatic heterocycles. The van der Waals surface area contributed by atoms with Crippen molar-refractivity contribution in [3.05, 3.63) is 12.3 Å². The maximum Gasteiger partial charge on any atom is 0.239 e. The molecule has 0 radical (unpaired) electrons. The van der Waals surface area contributed by atoms with Gasteiger partial charge in [-0.15, -0.1) is 0 Å². The quantitative estimate of drug-likeness (QED) is 0.864. The van der Waals surface area contributed by atoms with E-state index < -0.39 is 0 Å². The zero-order valence-corrected chi connectivity index (χ0v) is 13.2. The summed E-state index contributed by atoms with van der Waals surface area (Å²) in [5, 5.41) is 7.17. The highest BCUT2D eigenvalue weighted by molar-refractivity contribution is 5.91. The zero-order chi connectivity index (χ0) is 15.4. The van der Waals surface area contributed by atoms with Crippen molar-refractivity contribution in [1.29, 1.82) is 0 Å². The number of nitrogens with one attached hydrogen (secondary N) is 1. The molecule has 0 bridgehead atoms. The van der Waals surface area contributed by atoms with Crippen molar-refractivity contribution in [1.82, 2.24) is 14.7 Å². The van der Waals surface area contributed by atoms with E-state index in [0.717, 1.165) is 31.5 Å². The van der Waals surface area contributed by atoms with Crippen LogP contribution in [0, 0.1) is 0 Å². The summed E-state index contributed by atoms with van der Waals surface area (Å²) in [5.41, 5.74) is 5.93. The number of nitrogens with zero attached hydrogens (tertiary/aromatic N) is 3. The normalized spacial score (nSPS) is 22.8. The van der Waals surface area contributed by atoms with Crippen LogP contribution in [-0.2, 0) is 4.79 Å². The SMILES string of the molecule is CC(C)n1nccc1NC(=O)CN(C)C1CCC(N)CC1. The number of aromatic nitrogens is 2. The van der Waals surface area contributed by atoms with Gasteiger partial charge in [-0.25, -0.2) is 4.68 Å². The largest absolute Gasteiger partial charge is 0.328 e. The van der Waals surface area contributed by atoms with Gasteiger partial charge in [-0.05, 0) is 46.6 Å². The van der Waals surface area contributed by atoms with E-state index in [4.69, 9.17) is 5.73 Å². The van der Waals surface area contributed by atoms with Crippen molar-refractivity contribution in [2.75, 3.05) is 18.9 Å². The summed E-state index contributed by atoms with van der Waals surface area (Å²) in [6, 6.07) is 2.86. The van der Waals surface area contributed by atoms with E-state index in [0.29, 0.717) is 18.6 Å². The highest BCUT2D eigenvalue weighted by atomic mass is 16.2. The number of amides is 1. The molecule has 0 spiro atoms. The fourth-order valence-corrected chi connectivity index (χ4v) is 2.91. The molecule has 1 aliphatic carbocycles. The average molecular weight is 293 g/mol. The van der Waals surface area contributed by atoms with Crippen LogP contribution in [0.15, 0.2) is 12.3 Å². The molecule has 1 amide bonds. The molecule has 0 aromatic carbocycles. The minimum Gasteiger partial charge on any atom is -0.328 e. The van der Waals surface area contributed by atoms with Gasteiger partial charge in [0.1, 0.15) is 5.82 Å². The molecule has 6 heteroatoms. The average Bonchev–Trinajstić information content (AvgIpc) is 2.87. The zero-order valence-electron chi connectivity index (χ0n) is 13.2. The molecule has 1 heterocycles. The van der Waals surface area contributed by atoms with Crippen molar-refractivity contribution in [2.24, 2.45) is 5.73 Å². The molecule has 0 saturated heterocycles. The first-order valence-electron chi connectivity index (χ1n) is 7.76. The van der Waals surface area contributed by atoms with Crippen LogP contribution in [0.4, 0.5) is 5.82 Å². The van der Waals surface area contributed by atoms with Gasteiger partial charge in [0, 0.05) is 24.2 Å². The van der Waals surface area contributed by atoms with E-state index in [9.17, 15) is 4.79 Å². The van der Waals surface area contributed by atoms with E-state index >= 15 is 0 Å². The van der Waals surface area contributed by atoms with Crippen LogP contribution < -0.4 is 11.1 Å². The van der Waals surface area contributed by atoms with E-state index in [1.165, 1.54) is 0 Å². The van der Waals surface area contributed by atoms with Gasteiger partial charge < -0.3 is 11.1 Å². The lowest BCUT2D eigenvalue weighted by Gasteiger charge is -2.33. The number of carbonyl (C=O) groups is 1. The number of nitrogens with two attached hydrogens (primary N) is 1. The Bertz CT molecular complexity index is 462.